The molecule has 0 aliphatic heterocycles. The highest BCUT2D eigenvalue weighted by Gasteiger charge is 2.20. The lowest BCUT2D eigenvalue weighted by Crippen LogP contribution is -2.28. The lowest BCUT2D eigenvalue weighted by atomic mass is 9.92. The van der Waals surface area contributed by atoms with Crippen molar-refractivity contribution in [2.24, 2.45) is 0 Å². The van der Waals surface area contributed by atoms with Gasteiger partial charge in [-0.15, -0.1) is 0 Å². The van der Waals surface area contributed by atoms with Crippen molar-refractivity contribution < 1.29 is 9.90 Å². The molecule has 0 saturated heterocycles. The van der Waals surface area contributed by atoms with E-state index in [0.717, 1.165) is 5.69 Å². The molecule has 0 spiro atoms. The number of aromatic nitrogens is 2. The lowest BCUT2D eigenvalue weighted by molar-refractivity contribution is 0.0911. The average molecular weight is 322 g/mol. The molecular weight excluding hydrogens is 302 g/mol. The molecule has 2 rings (SSSR count). The third-order valence-corrected chi connectivity index (χ3v) is 3.68. The molecule has 1 aromatic carbocycles. The van der Waals surface area contributed by atoms with Crippen molar-refractivity contribution >= 4 is 17.5 Å². The minimum atomic E-state index is -0.862. The summed E-state index contributed by atoms with van der Waals surface area (Å²) in [5, 5.41) is 20.1. The second-order valence-electron chi connectivity index (χ2n) is 6.16. The van der Waals surface area contributed by atoms with Gasteiger partial charge in [0.1, 0.15) is 5.69 Å². The molecule has 0 saturated carbocycles. The minimum absolute atomic E-state index is 0.0697. The number of benzene rings is 1. The first-order chi connectivity index (χ1) is 10.3. The highest BCUT2D eigenvalue weighted by molar-refractivity contribution is 6.31. The maximum absolute atomic E-state index is 12.1. The van der Waals surface area contributed by atoms with Gasteiger partial charge in [0.25, 0.3) is 5.91 Å². The Morgan fingerprint density at radius 3 is 2.68 bits per heavy atom. The number of aliphatic hydroxyl groups excluding tert-OH is 1. The van der Waals surface area contributed by atoms with Crippen molar-refractivity contribution in [3.63, 3.8) is 0 Å². The Morgan fingerprint density at radius 2 is 2.09 bits per heavy atom. The predicted octanol–water partition coefficient (Wildman–Crippen LogP) is 2.82. The average Bonchev–Trinajstić information content (AvgIpc) is 2.95. The van der Waals surface area contributed by atoms with Crippen LogP contribution in [0.15, 0.2) is 30.3 Å². The van der Waals surface area contributed by atoms with Gasteiger partial charge in [-0.05, 0) is 12.1 Å². The predicted molar refractivity (Wildman–Crippen MR) is 86.0 cm³/mol. The van der Waals surface area contributed by atoms with E-state index in [2.05, 4.69) is 15.5 Å². The zero-order chi connectivity index (χ0) is 16.3. The summed E-state index contributed by atoms with van der Waals surface area (Å²) in [6, 6.07) is 8.72. The third-order valence-electron chi connectivity index (χ3n) is 3.34. The van der Waals surface area contributed by atoms with Crippen LogP contribution < -0.4 is 5.32 Å². The standard InChI is InChI=1S/C16H20ClN3O2/c1-16(2,3)14-8-12(19-20-14)15(22)18-9-13(21)10-6-4-5-7-11(10)17/h4-8,13,21H,9H2,1-3H3,(H,18,22)(H,19,20). The first-order valence-electron chi connectivity index (χ1n) is 7.05. The van der Waals surface area contributed by atoms with E-state index in [-0.39, 0.29) is 17.9 Å². The number of H-pyrrole nitrogens is 1. The number of halogens is 1. The second kappa shape index (κ2) is 6.50. The molecule has 118 valence electrons. The molecule has 1 aromatic heterocycles. The molecule has 1 amide bonds. The monoisotopic (exact) mass is 321 g/mol. The SMILES string of the molecule is CC(C)(C)c1cc(C(=O)NCC(O)c2ccccc2Cl)n[nH]1. The molecule has 1 unspecified atom stereocenters. The fraction of sp³-hybridized carbons (Fsp3) is 0.375. The van der Waals surface area contributed by atoms with Crippen LogP contribution in [0.1, 0.15) is 48.6 Å². The Morgan fingerprint density at radius 1 is 1.41 bits per heavy atom. The van der Waals surface area contributed by atoms with E-state index in [4.69, 9.17) is 11.6 Å². The molecule has 22 heavy (non-hydrogen) atoms. The van der Waals surface area contributed by atoms with Crippen LogP contribution in [-0.4, -0.2) is 27.8 Å². The first-order valence-corrected chi connectivity index (χ1v) is 7.43. The summed E-state index contributed by atoms with van der Waals surface area (Å²) < 4.78 is 0. The van der Waals surface area contributed by atoms with E-state index in [1.54, 1.807) is 30.3 Å². The van der Waals surface area contributed by atoms with Crippen molar-refractivity contribution in [1.82, 2.24) is 15.5 Å². The topological polar surface area (TPSA) is 78.0 Å². The molecule has 6 heteroatoms. The zero-order valence-corrected chi connectivity index (χ0v) is 13.6. The third kappa shape index (κ3) is 3.87. The summed E-state index contributed by atoms with van der Waals surface area (Å²) in [6.07, 6.45) is -0.862. The Balaban J connectivity index is 1.98. The molecule has 0 aliphatic rings. The number of aromatic amines is 1. The molecule has 1 heterocycles. The van der Waals surface area contributed by atoms with Gasteiger partial charge in [-0.25, -0.2) is 0 Å². The van der Waals surface area contributed by atoms with Gasteiger partial charge in [-0.2, -0.15) is 5.10 Å². The van der Waals surface area contributed by atoms with E-state index in [1.165, 1.54) is 0 Å². The number of hydrogen-bond acceptors (Lipinski definition) is 3. The molecular formula is C16H20ClN3O2. The second-order valence-corrected chi connectivity index (χ2v) is 6.57. The van der Waals surface area contributed by atoms with E-state index in [9.17, 15) is 9.90 Å². The number of carbonyl (C=O) groups excluding carboxylic acids is 1. The Kier molecular flexibility index (Phi) is 4.88. The summed E-state index contributed by atoms with van der Waals surface area (Å²) in [4.78, 5) is 12.1. The maximum atomic E-state index is 12.1. The first kappa shape index (κ1) is 16.5. The lowest BCUT2D eigenvalue weighted by Gasteiger charge is -2.14. The van der Waals surface area contributed by atoms with Crippen molar-refractivity contribution in [2.75, 3.05) is 6.54 Å². The number of carbonyl (C=O) groups is 1. The number of aliphatic hydroxyl groups is 1. The van der Waals surface area contributed by atoms with Gasteiger partial charge in [-0.3, -0.25) is 9.89 Å². The largest absolute Gasteiger partial charge is 0.387 e. The van der Waals surface area contributed by atoms with Crippen LogP contribution in [-0.2, 0) is 5.41 Å². The summed E-state index contributed by atoms with van der Waals surface area (Å²) in [5.74, 6) is -0.335. The fourth-order valence-corrected chi connectivity index (χ4v) is 2.22. The summed E-state index contributed by atoms with van der Waals surface area (Å²) in [5.41, 5.74) is 1.66. The highest BCUT2D eigenvalue weighted by atomic mass is 35.5. The van der Waals surface area contributed by atoms with Gasteiger partial charge in [0, 0.05) is 28.2 Å². The van der Waals surface area contributed by atoms with Crippen LogP contribution >= 0.6 is 11.6 Å². The number of nitrogens with one attached hydrogen (secondary N) is 2. The van der Waals surface area contributed by atoms with Crippen molar-refractivity contribution in [2.45, 2.75) is 32.3 Å². The highest BCUT2D eigenvalue weighted by Crippen LogP contribution is 2.22. The smallest absolute Gasteiger partial charge is 0.271 e. The fourth-order valence-electron chi connectivity index (χ4n) is 1.96. The number of nitrogens with zero attached hydrogens (tertiary/aromatic N) is 1. The van der Waals surface area contributed by atoms with E-state index >= 15 is 0 Å². The number of rotatable bonds is 4. The van der Waals surface area contributed by atoms with Gasteiger partial charge in [0.2, 0.25) is 0 Å². The van der Waals surface area contributed by atoms with Crippen LogP contribution in [0.5, 0.6) is 0 Å². The molecule has 0 radical (unpaired) electrons. The molecule has 0 aliphatic carbocycles. The van der Waals surface area contributed by atoms with E-state index < -0.39 is 6.10 Å². The minimum Gasteiger partial charge on any atom is -0.387 e. The molecule has 1 atom stereocenters. The van der Waals surface area contributed by atoms with E-state index in [0.29, 0.717) is 16.3 Å². The quantitative estimate of drug-likeness (QED) is 0.810. The molecule has 0 bridgehead atoms. The summed E-state index contributed by atoms with van der Waals surface area (Å²) >= 11 is 6.01. The molecule has 3 N–H and O–H groups in total. The Labute approximate surface area is 134 Å². The van der Waals surface area contributed by atoms with Crippen molar-refractivity contribution in [1.29, 1.82) is 0 Å². The summed E-state index contributed by atoms with van der Waals surface area (Å²) in [6.45, 7) is 6.16. The van der Waals surface area contributed by atoms with Gasteiger partial charge < -0.3 is 10.4 Å². The van der Waals surface area contributed by atoms with Gasteiger partial charge in [0.15, 0.2) is 0 Å². The number of hydrogen-bond donors (Lipinski definition) is 3. The Bertz CT molecular complexity index is 661. The van der Waals surface area contributed by atoms with Gasteiger partial charge >= 0.3 is 0 Å². The maximum Gasteiger partial charge on any atom is 0.271 e. The van der Waals surface area contributed by atoms with Crippen molar-refractivity contribution in [3.05, 3.63) is 52.3 Å². The van der Waals surface area contributed by atoms with Crippen LogP contribution in [0.4, 0.5) is 0 Å². The van der Waals surface area contributed by atoms with Crippen molar-refractivity contribution in [3.8, 4) is 0 Å². The molecule has 0 fully saturated rings. The number of amides is 1. The van der Waals surface area contributed by atoms with Crippen LogP contribution in [0.25, 0.3) is 0 Å². The van der Waals surface area contributed by atoms with Crippen LogP contribution in [0.2, 0.25) is 5.02 Å². The van der Waals surface area contributed by atoms with Crippen LogP contribution in [0, 0.1) is 0 Å². The summed E-state index contributed by atoms with van der Waals surface area (Å²) in [7, 11) is 0. The normalized spacial score (nSPS) is 13.0. The van der Waals surface area contributed by atoms with Gasteiger partial charge in [0.05, 0.1) is 6.10 Å². The van der Waals surface area contributed by atoms with Gasteiger partial charge in [-0.1, -0.05) is 50.6 Å². The molecule has 2 aromatic rings. The van der Waals surface area contributed by atoms with Crippen LogP contribution in [0.3, 0.4) is 0 Å². The zero-order valence-electron chi connectivity index (χ0n) is 12.9. The molecule has 5 nitrogen and oxygen atoms in total. The van der Waals surface area contributed by atoms with E-state index in [1.807, 2.05) is 20.8 Å². The Hall–Kier alpha value is -1.85.